The van der Waals surface area contributed by atoms with Crippen LogP contribution in [0.3, 0.4) is 0 Å². The van der Waals surface area contributed by atoms with Gasteiger partial charge in [-0.2, -0.15) is 0 Å². The third-order valence-corrected chi connectivity index (χ3v) is 5.75. The normalized spacial score (nSPS) is 36.7. The van der Waals surface area contributed by atoms with Gasteiger partial charge in [-0.1, -0.05) is 12.1 Å². The predicted octanol–water partition coefficient (Wildman–Crippen LogP) is 1.88. The second-order valence-electron chi connectivity index (χ2n) is 6.66. The highest BCUT2D eigenvalue weighted by Crippen LogP contribution is 2.63. The summed E-state index contributed by atoms with van der Waals surface area (Å²) in [4.78, 5) is 2.66. The van der Waals surface area contributed by atoms with Crippen molar-refractivity contribution in [2.24, 2.45) is 10.8 Å². The molecule has 2 atom stereocenters. The molecule has 2 aliphatic heterocycles. The quantitative estimate of drug-likeness (QED) is 0.896. The monoisotopic (exact) mass is 258 g/mol. The van der Waals surface area contributed by atoms with Crippen LogP contribution in [-0.2, 0) is 6.54 Å². The standard InChI is InChI=1S/C16H22N2O/c1-19-14-4-2-13(3-5-14)8-18-11-15-6-7-16(15,12-18)10-17-9-15/h2-5,17H,6-12H2,1H3. The van der Waals surface area contributed by atoms with E-state index in [-0.39, 0.29) is 0 Å². The summed E-state index contributed by atoms with van der Waals surface area (Å²) in [5, 5.41) is 3.62. The van der Waals surface area contributed by atoms with Gasteiger partial charge in [0.15, 0.2) is 0 Å². The number of hydrogen-bond acceptors (Lipinski definition) is 3. The van der Waals surface area contributed by atoms with Crippen molar-refractivity contribution in [3.63, 3.8) is 0 Å². The summed E-state index contributed by atoms with van der Waals surface area (Å²) in [6.07, 6.45) is 2.86. The molecule has 1 aromatic rings. The molecule has 3 fully saturated rings. The summed E-state index contributed by atoms with van der Waals surface area (Å²) in [5.41, 5.74) is 2.62. The fraction of sp³-hybridized carbons (Fsp3) is 0.625. The summed E-state index contributed by atoms with van der Waals surface area (Å²) in [7, 11) is 1.72. The van der Waals surface area contributed by atoms with E-state index in [0.29, 0.717) is 10.8 Å². The highest BCUT2D eigenvalue weighted by molar-refractivity contribution is 5.28. The molecule has 3 aliphatic rings. The smallest absolute Gasteiger partial charge is 0.118 e. The zero-order valence-corrected chi connectivity index (χ0v) is 11.6. The minimum absolute atomic E-state index is 0.611. The molecule has 0 radical (unpaired) electrons. The molecule has 0 aromatic heterocycles. The van der Waals surface area contributed by atoms with Crippen LogP contribution in [0.1, 0.15) is 18.4 Å². The van der Waals surface area contributed by atoms with Crippen LogP contribution < -0.4 is 10.1 Å². The van der Waals surface area contributed by atoms with Crippen LogP contribution in [0, 0.1) is 10.8 Å². The Labute approximate surface area is 114 Å². The van der Waals surface area contributed by atoms with E-state index >= 15 is 0 Å². The molecule has 102 valence electrons. The molecule has 0 bridgehead atoms. The summed E-state index contributed by atoms with van der Waals surface area (Å²) in [6.45, 7) is 6.14. The number of methoxy groups -OCH3 is 1. The van der Waals surface area contributed by atoms with Gasteiger partial charge >= 0.3 is 0 Å². The average molecular weight is 258 g/mol. The molecular weight excluding hydrogens is 236 g/mol. The predicted molar refractivity (Wildman–Crippen MR) is 75.2 cm³/mol. The number of nitrogens with zero attached hydrogens (tertiary/aromatic N) is 1. The Morgan fingerprint density at radius 1 is 1.11 bits per heavy atom. The van der Waals surface area contributed by atoms with Gasteiger partial charge in [0.1, 0.15) is 5.75 Å². The van der Waals surface area contributed by atoms with Crippen LogP contribution >= 0.6 is 0 Å². The Bertz CT molecular complexity index is 466. The van der Waals surface area contributed by atoms with Gasteiger partial charge in [-0.3, -0.25) is 4.90 Å². The summed E-state index contributed by atoms with van der Waals surface area (Å²) in [5.74, 6) is 0.948. The number of hydrogen-bond donors (Lipinski definition) is 1. The fourth-order valence-corrected chi connectivity index (χ4v) is 4.54. The van der Waals surface area contributed by atoms with Gasteiger partial charge in [-0.25, -0.2) is 0 Å². The van der Waals surface area contributed by atoms with E-state index in [1.807, 2.05) is 0 Å². The average Bonchev–Trinajstić information content (AvgIpc) is 2.73. The topological polar surface area (TPSA) is 24.5 Å². The summed E-state index contributed by atoms with van der Waals surface area (Å²) >= 11 is 0. The largest absolute Gasteiger partial charge is 0.497 e. The maximum atomic E-state index is 5.22. The highest BCUT2D eigenvalue weighted by atomic mass is 16.5. The molecule has 0 amide bonds. The Kier molecular flexibility index (Phi) is 2.45. The third kappa shape index (κ3) is 1.58. The molecular formula is C16H22N2O. The minimum Gasteiger partial charge on any atom is -0.497 e. The van der Waals surface area contributed by atoms with Gasteiger partial charge in [0.2, 0.25) is 0 Å². The first-order valence-corrected chi connectivity index (χ1v) is 7.31. The van der Waals surface area contributed by atoms with E-state index in [1.54, 1.807) is 7.11 Å². The van der Waals surface area contributed by atoms with Crippen molar-refractivity contribution in [2.75, 3.05) is 33.3 Å². The van der Waals surface area contributed by atoms with E-state index < -0.39 is 0 Å². The zero-order chi connectivity index (χ0) is 12.9. The fourth-order valence-electron chi connectivity index (χ4n) is 4.54. The van der Waals surface area contributed by atoms with E-state index in [2.05, 4.69) is 34.5 Å². The van der Waals surface area contributed by atoms with Gasteiger partial charge in [-0.05, 0) is 30.5 Å². The number of nitrogens with one attached hydrogen (secondary N) is 1. The lowest BCUT2D eigenvalue weighted by molar-refractivity contribution is 0.0255. The zero-order valence-electron chi connectivity index (χ0n) is 11.6. The first-order valence-electron chi connectivity index (χ1n) is 7.31. The second-order valence-corrected chi connectivity index (χ2v) is 6.66. The molecule has 2 heterocycles. The van der Waals surface area contributed by atoms with Gasteiger partial charge in [0, 0.05) is 43.6 Å². The molecule has 1 saturated carbocycles. The van der Waals surface area contributed by atoms with Crippen LogP contribution in [0.15, 0.2) is 24.3 Å². The van der Waals surface area contributed by atoms with Crippen molar-refractivity contribution in [3.05, 3.63) is 29.8 Å². The van der Waals surface area contributed by atoms with Crippen molar-refractivity contribution in [3.8, 4) is 5.75 Å². The van der Waals surface area contributed by atoms with Crippen molar-refractivity contribution in [1.82, 2.24) is 10.2 Å². The molecule has 1 N–H and O–H groups in total. The number of ether oxygens (including phenoxy) is 1. The molecule has 1 aromatic carbocycles. The first kappa shape index (κ1) is 11.7. The van der Waals surface area contributed by atoms with E-state index in [4.69, 9.17) is 4.74 Å². The van der Waals surface area contributed by atoms with Crippen LogP contribution in [0.4, 0.5) is 0 Å². The van der Waals surface area contributed by atoms with E-state index in [9.17, 15) is 0 Å². The SMILES string of the molecule is COc1ccc(CN2CC34CCC3(CNC4)C2)cc1. The van der Waals surface area contributed by atoms with Crippen LogP contribution in [-0.4, -0.2) is 38.2 Å². The Morgan fingerprint density at radius 2 is 1.74 bits per heavy atom. The minimum atomic E-state index is 0.611. The highest BCUT2D eigenvalue weighted by Gasteiger charge is 2.65. The first-order chi connectivity index (χ1) is 9.25. The van der Waals surface area contributed by atoms with Crippen molar-refractivity contribution >= 4 is 0 Å². The molecule has 0 spiro atoms. The number of benzene rings is 1. The lowest BCUT2D eigenvalue weighted by atomic mass is 9.53. The third-order valence-electron chi connectivity index (χ3n) is 5.75. The van der Waals surface area contributed by atoms with Crippen molar-refractivity contribution in [2.45, 2.75) is 19.4 Å². The lowest BCUT2D eigenvalue weighted by Crippen LogP contribution is -2.49. The van der Waals surface area contributed by atoms with Crippen LogP contribution in [0.5, 0.6) is 5.75 Å². The summed E-state index contributed by atoms with van der Waals surface area (Å²) in [6, 6.07) is 8.53. The maximum Gasteiger partial charge on any atom is 0.118 e. The molecule has 4 rings (SSSR count). The van der Waals surface area contributed by atoms with Crippen molar-refractivity contribution in [1.29, 1.82) is 0 Å². The Hall–Kier alpha value is -1.06. The van der Waals surface area contributed by atoms with Gasteiger partial charge in [0.25, 0.3) is 0 Å². The summed E-state index contributed by atoms with van der Waals surface area (Å²) < 4.78 is 5.22. The maximum absolute atomic E-state index is 5.22. The van der Waals surface area contributed by atoms with Gasteiger partial charge in [-0.15, -0.1) is 0 Å². The van der Waals surface area contributed by atoms with Crippen LogP contribution in [0.2, 0.25) is 0 Å². The van der Waals surface area contributed by atoms with Gasteiger partial charge in [0.05, 0.1) is 7.11 Å². The van der Waals surface area contributed by atoms with E-state index in [1.165, 1.54) is 44.6 Å². The van der Waals surface area contributed by atoms with Gasteiger partial charge < -0.3 is 10.1 Å². The molecule has 19 heavy (non-hydrogen) atoms. The molecule has 1 aliphatic carbocycles. The second kappa shape index (κ2) is 3.97. The van der Waals surface area contributed by atoms with Crippen LogP contribution in [0.25, 0.3) is 0 Å². The lowest BCUT2D eigenvalue weighted by Gasteiger charge is -2.49. The molecule has 2 saturated heterocycles. The number of likely N-dealkylation sites (tertiary alicyclic amines) is 1. The Balaban J connectivity index is 1.47. The Morgan fingerprint density at radius 3 is 2.26 bits per heavy atom. The molecule has 3 nitrogen and oxygen atoms in total. The van der Waals surface area contributed by atoms with E-state index in [0.717, 1.165) is 12.3 Å². The van der Waals surface area contributed by atoms with Crippen molar-refractivity contribution < 1.29 is 4.74 Å². The molecule has 3 heteroatoms. The molecule has 2 unspecified atom stereocenters. The number of rotatable bonds is 3.